The molecule has 0 spiro atoms. The summed E-state index contributed by atoms with van der Waals surface area (Å²) in [6.45, 7) is 5.57. The second kappa shape index (κ2) is 8.34. The zero-order chi connectivity index (χ0) is 18.4. The van der Waals surface area contributed by atoms with Crippen molar-refractivity contribution in [3.05, 3.63) is 78.1 Å². The van der Waals surface area contributed by atoms with Crippen molar-refractivity contribution in [1.29, 1.82) is 0 Å². The van der Waals surface area contributed by atoms with E-state index in [9.17, 15) is 0 Å². The van der Waals surface area contributed by atoms with Crippen LogP contribution in [0.2, 0.25) is 0 Å². The Morgan fingerprint density at radius 1 is 0.885 bits per heavy atom. The minimum atomic E-state index is 0.247. The van der Waals surface area contributed by atoms with Crippen molar-refractivity contribution in [3.8, 4) is 0 Å². The average Bonchev–Trinajstić information content (AvgIpc) is 2.64. The van der Waals surface area contributed by atoms with E-state index in [1.165, 1.54) is 11.1 Å². The number of nitrogens with one attached hydrogen (secondary N) is 1. The second-order valence-electron chi connectivity index (χ2n) is 6.59. The predicted octanol–water partition coefficient (Wildman–Crippen LogP) is 4.09. The molecular formula is C21H25N5. The van der Waals surface area contributed by atoms with Crippen LogP contribution in [0.3, 0.4) is 0 Å². The summed E-state index contributed by atoms with van der Waals surface area (Å²) in [4.78, 5) is 11.0. The topological polar surface area (TPSA) is 67.1 Å². The van der Waals surface area contributed by atoms with Crippen LogP contribution in [0.15, 0.2) is 67.0 Å². The lowest BCUT2D eigenvalue weighted by atomic mass is 10.1. The standard InChI is InChI=1S/C21H25N5/c1-16(2)25-20-19(22)21(24-15-23-20)26(13-17-9-5-3-6-10-17)14-18-11-7-4-8-12-18/h3-12,15-16H,13-14,22H2,1-2H3,(H,23,24,25). The molecule has 1 heterocycles. The van der Waals surface area contributed by atoms with Crippen LogP contribution in [0, 0.1) is 0 Å². The number of nitrogens with zero attached hydrogens (tertiary/aromatic N) is 3. The third-order valence-electron chi connectivity index (χ3n) is 4.02. The molecule has 0 unspecified atom stereocenters. The third kappa shape index (κ3) is 4.51. The number of anilines is 3. The number of hydrogen-bond donors (Lipinski definition) is 2. The van der Waals surface area contributed by atoms with Crippen LogP contribution < -0.4 is 16.0 Å². The summed E-state index contributed by atoms with van der Waals surface area (Å²) >= 11 is 0. The van der Waals surface area contributed by atoms with Crippen molar-refractivity contribution >= 4 is 17.3 Å². The van der Waals surface area contributed by atoms with E-state index in [1.807, 2.05) is 36.4 Å². The van der Waals surface area contributed by atoms with Gasteiger partial charge in [0.2, 0.25) is 0 Å². The van der Waals surface area contributed by atoms with Gasteiger partial charge in [0.15, 0.2) is 11.6 Å². The maximum absolute atomic E-state index is 6.41. The SMILES string of the molecule is CC(C)Nc1ncnc(N(Cc2ccccc2)Cc2ccccc2)c1N. The molecule has 0 amide bonds. The molecular weight excluding hydrogens is 322 g/mol. The zero-order valence-electron chi connectivity index (χ0n) is 15.3. The van der Waals surface area contributed by atoms with Crippen LogP contribution in [0.1, 0.15) is 25.0 Å². The molecule has 2 aromatic carbocycles. The molecule has 5 nitrogen and oxygen atoms in total. The molecule has 0 saturated carbocycles. The Labute approximate surface area is 154 Å². The maximum atomic E-state index is 6.41. The van der Waals surface area contributed by atoms with Gasteiger partial charge in [-0.25, -0.2) is 9.97 Å². The van der Waals surface area contributed by atoms with Gasteiger partial charge in [0, 0.05) is 19.1 Å². The number of benzene rings is 2. The van der Waals surface area contributed by atoms with Crippen LogP contribution >= 0.6 is 0 Å². The van der Waals surface area contributed by atoms with E-state index in [0.29, 0.717) is 11.5 Å². The molecule has 1 aromatic heterocycles. The normalized spacial score (nSPS) is 10.7. The third-order valence-corrected chi connectivity index (χ3v) is 4.02. The van der Waals surface area contributed by atoms with E-state index in [0.717, 1.165) is 18.9 Å². The zero-order valence-corrected chi connectivity index (χ0v) is 15.3. The smallest absolute Gasteiger partial charge is 0.158 e. The Kier molecular flexibility index (Phi) is 5.69. The number of hydrogen-bond acceptors (Lipinski definition) is 5. The summed E-state index contributed by atoms with van der Waals surface area (Å²) < 4.78 is 0. The molecule has 0 fully saturated rings. The highest BCUT2D eigenvalue weighted by atomic mass is 15.2. The minimum Gasteiger partial charge on any atom is -0.393 e. The summed E-state index contributed by atoms with van der Waals surface area (Å²) in [5.41, 5.74) is 9.40. The number of rotatable bonds is 7. The molecule has 0 atom stereocenters. The molecule has 0 aliphatic heterocycles. The molecule has 26 heavy (non-hydrogen) atoms. The lowest BCUT2D eigenvalue weighted by Gasteiger charge is -2.26. The fourth-order valence-corrected chi connectivity index (χ4v) is 2.84. The summed E-state index contributed by atoms with van der Waals surface area (Å²) in [5, 5.41) is 3.29. The van der Waals surface area contributed by atoms with Gasteiger partial charge in [0.1, 0.15) is 12.0 Å². The first-order chi connectivity index (χ1) is 12.6. The molecule has 3 aromatic rings. The van der Waals surface area contributed by atoms with Gasteiger partial charge in [0.05, 0.1) is 0 Å². The fraction of sp³-hybridized carbons (Fsp3) is 0.238. The Hall–Kier alpha value is -3.08. The minimum absolute atomic E-state index is 0.247. The van der Waals surface area contributed by atoms with Crippen molar-refractivity contribution in [1.82, 2.24) is 9.97 Å². The second-order valence-corrected chi connectivity index (χ2v) is 6.59. The Morgan fingerprint density at radius 2 is 1.42 bits per heavy atom. The summed E-state index contributed by atoms with van der Waals surface area (Å²) in [6, 6.07) is 20.9. The van der Waals surface area contributed by atoms with Crippen LogP contribution in [0.5, 0.6) is 0 Å². The maximum Gasteiger partial charge on any atom is 0.158 e. The molecule has 3 rings (SSSR count). The van der Waals surface area contributed by atoms with E-state index < -0.39 is 0 Å². The highest BCUT2D eigenvalue weighted by Gasteiger charge is 2.16. The molecule has 0 bridgehead atoms. The first-order valence-electron chi connectivity index (χ1n) is 8.83. The van der Waals surface area contributed by atoms with Gasteiger partial charge in [-0.2, -0.15) is 0 Å². The molecule has 0 aliphatic carbocycles. The number of aromatic nitrogens is 2. The van der Waals surface area contributed by atoms with Gasteiger partial charge in [-0.1, -0.05) is 60.7 Å². The van der Waals surface area contributed by atoms with E-state index >= 15 is 0 Å². The van der Waals surface area contributed by atoms with Gasteiger partial charge in [-0.05, 0) is 25.0 Å². The van der Waals surface area contributed by atoms with E-state index in [-0.39, 0.29) is 6.04 Å². The first kappa shape index (κ1) is 17.7. The van der Waals surface area contributed by atoms with Gasteiger partial charge in [0.25, 0.3) is 0 Å². The molecule has 134 valence electrons. The van der Waals surface area contributed by atoms with Crippen LogP contribution in [0.4, 0.5) is 17.3 Å². The summed E-state index contributed by atoms with van der Waals surface area (Å²) in [5.74, 6) is 1.42. The van der Waals surface area contributed by atoms with Crippen molar-refractivity contribution in [2.45, 2.75) is 33.0 Å². The highest BCUT2D eigenvalue weighted by molar-refractivity contribution is 5.75. The molecule has 0 radical (unpaired) electrons. The van der Waals surface area contributed by atoms with Crippen LogP contribution in [0.25, 0.3) is 0 Å². The molecule has 5 heteroatoms. The number of nitrogens with two attached hydrogens (primary N) is 1. The Morgan fingerprint density at radius 3 is 1.92 bits per heavy atom. The predicted molar refractivity (Wildman–Crippen MR) is 108 cm³/mol. The molecule has 3 N–H and O–H groups in total. The average molecular weight is 347 g/mol. The van der Waals surface area contributed by atoms with Crippen molar-refractivity contribution in [3.63, 3.8) is 0 Å². The monoisotopic (exact) mass is 347 g/mol. The van der Waals surface area contributed by atoms with Crippen molar-refractivity contribution in [2.75, 3.05) is 16.0 Å². The fourth-order valence-electron chi connectivity index (χ4n) is 2.84. The largest absolute Gasteiger partial charge is 0.393 e. The van der Waals surface area contributed by atoms with Gasteiger partial charge < -0.3 is 16.0 Å². The van der Waals surface area contributed by atoms with E-state index in [1.54, 1.807) is 6.33 Å². The van der Waals surface area contributed by atoms with Crippen LogP contribution in [-0.2, 0) is 13.1 Å². The van der Waals surface area contributed by atoms with Gasteiger partial charge >= 0.3 is 0 Å². The molecule has 0 saturated heterocycles. The quantitative estimate of drug-likeness (QED) is 0.674. The van der Waals surface area contributed by atoms with E-state index in [2.05, 4.69) is 58.3 Å². The molecule has 0 aliphatic rings. The van der Waals surface area contributed by atoms with Gasteiger partial charge in [-0.3, -0.25) is 0 Å². The lowest BCUT2D eigenvalue weighted by Crippen LogP contribution is -2.25. The number of nitrogen functional groups attached to an aromatic ring is 1. The first-order valence-corrected chi connectivity index (χ1v) is 8.83. The highest BCUT2D eigenvalue weighted by Crippen LogP contribution is 2.29. The van der Waals surface area contributed by atoms with Crippen molar-refractivity contribution in [2.24, 2.45) is 0 Å². The van der Waals surface area contributed by atoms with E-state index in [4.69, 9.17) is 5.73 Å². The summed E-state index contributed by atoms with van der Waals surface area (Å²) in [7, 11) is 0. The lowest BCUT2D eigenvalue weighted by molar-refractivity contribution is 0.781. The van der Waals surface area contributed by atoms with Crippen molar-refractivity contribution < 1.29 is 0 Å². The van der Waals surface area contributed by atoms with Crippen LogP contribution in [-0.4, -0.2) is 16.0 Å². The van der Waals surface area contributed by atoms with Gasteiger partial charge in [-0.15, -0.1) is 0 Å². The Bertz CT molecular complexity index is 777. The Balaban J connectivity index is 1.94. The summed E-state index contributed by atoms with van der Waals surface area (Å²) in [6.07, 6.45) is 1.57.